The Bertz CT molecular complexity index is 1530. The van der Waals surface area contributed by atoms with Gasteiger partial charge >= 0.3 is 11.8 Å². The van der Waals surface area contributed by atoms with Gasteiger partial charge in [-0.25, -0.2) is 13.8 Å². The Morgan fingerprint density at radius 2 is 1.46 bits per heavy atom. The van der Waals surface area contributed by atoms with E-state index < -0.39 is 21.8 Å². The smallest absolute Gasteiger partial charge is 0.329 e. The molecule has 0 spiro atoms. The molecule has 0 saturated heterocycles. The minimum atomic E-state index is -3.83. The van der Waals surface area contributed by atoms with Crippen LogP contribution in [0.4, 0.5) is 0 Å². The lowest BCUT2D eigenvalue weighted by molar-refractivity contribution is -0.139. The zero-order valence-corrected chi connectivity index (χ0v) is 22.1. The van der Waals surface area contributed by atoms with Crippen LogP contribution in [-0.4, -0.2) is 30.8 Å². The van der Waals surface area contributed by atoms with E-state index in [2.05, 4.69) is 15.8 Å². The van der Waals surface area contributed by atoms with Gasteiger partial charge in [0.05, 0.1) is 17.7 Å². The van der Waals surface area contributed by atoms with E-state index in [0.717, 1.165) is 16.7 Å². The summed E-state index contributed by atoms with van der Waals surface area (Å²) in [6, 6.07) is 28.4. The SMILES string of the molecule is Cc1ccc(S(=O)(=O)N(Cc2ccccc2)Cc2ccc(/C=N/NC(=O)C(=O)NCc3ccccc3)o2)cc1. The normalized spacial score (nSPS) is 11.5. The van der Waals surface area contributed by atoms with Crippen LogP contribution in [0.3, 0.4) is 0 Å². The van der Waals surface area contributed by atoms with Crippen molar-refractivity contribution in [1.29, 1.82) is 0 Å². The summed E-state index contributed by atoms with van der Waals surface area (Å²) in [5.74, 6) is -1.08. The summed E-state index contributed by atoms with van der Waals surface area (Å²) in [7, 11) is -3.83. The van der Waals surface area contributed by atoms with Crippen LogP contribution in [0.5, 0.6) is 0 Å². The highest BCUT2D eigenvalue weighted by molar-refractivity contribution is 7.89. The van der Waals surface area contributed by atoms with Crippen molar-refractivity contribution in [3.05, 3.63) is 125 Å². The first-order chi connectivity index (χ1) is 18.8. The first-order valence-corrected chi connectivity index (χ1v) is 13.6. The standard InChI is InChI=1S/C29H28N4O5S/c1-22-12-16-27(17-13-22)39(36,37)33(20-24-10-6-3-7-11-24)21-26-15-14-25(38-26)19-31-32-29(35)28(34)30-18-23-8-4-2-5-9-23/h2-17,19H,18,20-21H2,1H3,(H,30,34)(H,32,35)/b31-19+. The van der Waals surface area contributed by atoms with Gasteiger partial charge < -0.3 is 9.73 Å². The zero-order chi connectivity index (χ0) is 27.7. The quantitative estimate of drug-likeness (QED) is 0.179. The van der Waals surface area contributed by atoms with Crippen molar-refractivity contribution < 1.29 is 22.4 Å². The van der Waals surface area contributed by atoms with E-state index in [1.807, 2.05) is 67.6 Å². The number of benzene rings is 3. The van der Waals surface area contributed by atoms with Crippen molar-refractivity contribution in [3.8, 4) is 0 Å². The Labute approximate surface area is 227 Å². The Kier molecular flexibility index (Phi) is 9.03. The third-order valence-electron chi connectivity index (χ3n) is 5.74. The van der Waals surface area contributed by atoms with Crippen molar-refractivity contribution in [2.75, 3.05) is 0 Å². The third-order valence-corrected chi connectivity index (χ3v) is 7.54. The van der Waals surface area contributed by atoms with Gasteiger partial charge in [0, 0.05) is 13.1 Å². The number of nitrogens with zero attached hydrogens (tertiary/aromatic N) is 2. The van der Waals surface area contributed by atoms with Gasteiger partial charge in [-0.1, -0.05) is 78.4 Å². The molecule has 2 amide bonds. The van der Waals surface area contributed by atoms with Gasteiger partial charge in [0.2, 0.25) is 10.0 Å². The summed E-state index contributed by atoms with van der Waals surface area (Å²) in [4.78, 5) is 24.2. The lowest BCUT2D eigenvalue weighted by atomic mass is 10.2. The van der Waals surface area contributed by atoms with Gasteiger partial charge in [-0.05, 0) is 42.3 Å². The molecular formula is C29H28N4O5S. The fourth-order valence-electron chi connectivity index (χ4n) is 3.66. The van der Waals surface area contributed by atoms with E-state index in [1.54, 1.807) is 36.4 Å². The van der Waals surface area contributed by atoms with Gasteiger partial charge in [0.15, 0.2) is 0 Å². The molecule has 0 saturated carbocycles. The van der Waals surface area contributed by atoms with Crippen molar-refractivity contribution in [2.45, 2.75) is 31.5 Å². The Morgan fingerprint density at radius 3 is 2.13 bits per heavy atom. The highest BCUT2D eigenvalue weighted by atomic mass is 32.2. The minimum absolute atomic E-state index is 0.0206. The van der Waals surface area contributed by atoms with Crippen molar-refractivity contribution in [2.24, 2.45) is 5.10 Å². The number of aryl methyl sites for hydroxylation is 1. The number of hydrogen-bond acceptors (Lipinski definition) is 6. The number of hydrazone groups is 1. The number of nitrogens with one attached hydrogen (secondary N) is 2. The van der Waals surface area contributed by atoms with Gasteiger partial charge in [-0.2, -0.15) is 9.41 Å². The monoisotopic (exact) mass is 544 g/mol. The molecule has 0 fully saturated rings. The van der Waals surface area contributed by atoms with Gasteiger partial charge in [0.25, 0.3) is 0 Å². The molecule has 1 heterocycles. The molecule has 2 N–H and O–H groups in total. The van der Waals surface area contributed by atoms with Crippen LogP contribution in [-0.2, 0) is 39.2 Å². The van der Waals surface area contributed by atoms with Gasteiger partial charge in [0.1, 0.15) is 11.5 Å². The Morgan fingerprint density at radius 1 is 0.821 bits per heavy atom. The molecule has 39 heavy (non-hydrogen) atoms. The maximum absolute atomic E-state index is 13.5. The molecule has 0 aliphatic rings. The van der Waals surface area contributed by atoms with Crippen molar-refractivity contribution >= 4 is 28.1 Å². The Balaban J connectivity index is 1.40. The molecule has 0 aliphatic carbocycles. The third kappa shape index (κ3) is 7.73. The summed E-state index contributed by atoms with van der Waals surface area (Å²) in [5, 5.41) is 6.28. The Hall–Kier alpha value is -4.54. The average molecular weight is 545 g/mol. The summed E-state index contributed by atoms with van der Waals surface area (Å²) in [6.45, 7) is 2.23. The number of sulfonamides is 1. The average Bonchev–Trinajstić information content (AvgIpc) is 3.39. The first kappa shape index (κ1) is 27.5. The molecule has 200 valence electrons. The highest BCUT2D eigenvalue weighted by Gasteiger charge is 2.26. The van der Waals surface area contributed by atoms with Crippen LogP contribution in [0.15, 0.2) is 111 Å². The van der Waals surface area contributed by atoms with E-state index in [-0.39, 0.29) is 30.3 Å². The lowest BCUT2D eigenvalue weighted by Crippen LogP contribution is -2.37. The summed E-state index contributed by atoms with van der Waals surface area (Å²) >= 11 is 0. The van der Waals surface area contributed by atoms with Crippen LogP contribution < -0.4 is 10.7 Å². The number of furan rings is 1. The fraction of sp³-hybridized carbons (Fsp3) is 0.138. The summed E-state index contributed by atoms with van der Waals surface area (Å²) in [5.41, 5.74) is 4.80. The van der Waals surface area contributed by atoms with E-state index >= 15 is 0 Å². The van der Waals surface area contributed by atoms with Crippen molar-refractivity contribution in [1.82, 2.24) is 15.0 Å². The second-order valence-corrected chi connectivity index (χ2v) is 10.7. The largest absolute Gasteiger partial charge is 0.459 e. The second-order valence-electron chi connectivity index (χ2n) is 8.74. The number of amides is 2. The zero-order valence-electron chi connectivity index (χ0n) is 21.3. The number of carbonyl (C=O) groups excluding carboxylic acids is 2. The minimum Gasteiger partial charge on any atom is -0.459 e. The van der Waals surface area contributed by atoms with Crippen LogP contribution >= 0.6 is 0 Å². The van der Waals surface area contributed by atoms with E-state index in [1.165, 1.54) is 10.5 Å². The van der Waals surface area contributed by atoms with Gasteiger partial charge in [-0.3, -0.25) is 9.59 Å². The number of rotatable bonds is 10. The van der Waals surface area contributed by atoms with Crippen LogP contribution in [0, 0.1) is 6.92 Å². The maximum atomic E-state index is 13.5. The highest BCUT2D eigenvalue weighted by Crippen LogP contribution is 2.22. The van der Waals surface area contributed by atoms with Crippen LogP contribution in [0.1, 0.15) is 28.2 Å². The molecule has 9 nitrogen and oxygen atoms in total. The number of carbonyl (C=O) groups is 2. The van der Waals surface area contributed by atoms with Crippen molar-refractivity contribution in [3.63, 3.8) is 0 Å². The van der Waals surface area contributed by atoms with Crippen LogP contribution in [0.25, 0.3) is 0 Å². The predicted molar refractivity (Wildman–Crippen MR) is 147 cm³/mol. The summed E-state index contributed by atoms with van der Waals surface area (Å²) < 4.78 is 34.1. The molecule has 10 heteroatoms. The molecule has 4 aromatic rings. The molecule has 0 radical (unpaired) electrons. The molecule has 0 aliphatic heterocycles. The van der Waals surface area contributed by atoms with Gasteiger partial charge in [-0.15, -0.1) is 0 Å². The molecule has 0 bridgehead atoms. The van der Waals surface area contributed by atoms with E-state index in [4.69, 9.17) is 4.42 Å². The summed E-state index contributed by atoms with van der Waals surface area (Å²) in [6.07, 6.45) is 1.24. The molecule has 1 aromatic heterocycles. The topological polar surface area (TPSA) is 121 Å². The maximum Gasteiger partial charge on any atom is 0.329 e. The fourth-order valence-corrected chi connectivity index (χ4v) is 5.05. The predicted octanol–water partition coefficient (Wildman–Crippen LogP) is 3.75. The molecule has 4 rings (SSSR count). The number of hydrogen-bond donors (Lipinski definition) is 2. The molecule has 0 unspecified atom stereocenters. The lowest BCUT2D eigenvalue weighted by Gasteiger charge is -2.21. The molecule has 0 atom stereocenters. The molecular weight excluding hydrogens is 516 g/mol. The first-order valence-electron chi connectivity index (χ1n) is 12.2. The van der Waals surface area contributed by atoms with Crippen LogP contribution in [0.2, 0.25) is 0 Å². The second kappa shape index (κ2) is 12.8. The molecule has 3 aromatic carbocycles. The van der Waals surface area contributed by atoms with E-state index in [9.17, 15) is 18.0 Å². The van der Waals surface area contributed by atoms with E-state index in [0.29, 0.717) is 5.76 Å².